The second-order valence-corrected chi connectivity index (χ2v) is 10.6. The first kappa shape index (κ1) is 27.7. The molecular weight excluding hydrogens is 476 g/mol. The first-order chi connectivity index (χ1) is 18.5. The summed E-state index contributed by atoms with van der Waals surface area (Å²) in [7, 11) is 0. The van der Waals surface area contributed by atoms with Crippen LogP contribution in [0.3, 0.4) is 0 Å². The maximum absolute atomic E-state index is 13.9. The number of likely N-dealkylation sites (tertiary alicyclic amines) is 1. The van der Waals surface area contributed by atoms with E-state index in [1.165, 1.54) is 5.56 Å². The average Bonchev–Trinajstić information content (AvgIpc) is 3.21. The van der Waals surface area contributed by atoms with Crippen LogP contribution in [0, 0.1) is 5.92 Å². The Morgan fingerprint density at radius 2 is 1.63 bits per heavy atom. The highest BCUT2D eigenvalue weighted by Crippen LogP contribution is 2.39. The van der Waals surface area contributed by atoms with E-state index in [1.54, 1.807) is 4.90 Å². The molecule has 0 radical (unpaired) electrons. The summed E-state index contributed by atoms with van der Waals surface area (Å²) in [5, 5.41) is 2.98. The van der Waals surface area contributed by atoms with Crippen LogP contribution < -0.4 is 10.2 Å². The van der Waals surface area contributed by atoms with Crippen molar-refractivity contribution in [3.8, 4) is 0 Å². The SMILES string of the molecule is CCCCC(CC)C(=O)N1CCC2(CC1)C(=O)N(CC(=O)NCCc1ccccc1)CN2c1ccccc1. The van der Waals surface area contributed by atoms with Crippen LogP contribution in [0.4, 0.5) is 5.69 Å². The second-order valence-electron chi connectivity index (χ2n) is 10.6. The lowest BCUT2D eigenvalue weighted by atomic mass is 9.84. The zero-order valence-corrected chi connectivity index (χ0v) is 22.9. The molecule has 0 bridgehead atoms. The fourth-order valence-electron chi connectivity index (χ4n) is 5.85. The molecule has 1 N–H and O–H groups in total. The smallest absolute Gasteiger partial charge is 0.250 e. The van der Waals surface area contributed by atoms with Gasteiger partial charge in [-0.3, -0.25) is 14.4 Å². The van der Waals surface area contributed by atoms with E-state index in [-0.39, 0.29) is 30.2 Å². The molecule has 2 fully saturated rings. The van der Waals surface area contributed by atoms with E-state index in [1.807, 2.05) is 65.6 Å². The fourth-order valence-corrected chi connectivity index (χ4v) is 5.85. The Morgan fingerprint density at radius 3 is 2.26 bits per heavy atom. The van der Waals surface area contributed by atoms with Crippen LogP contribution in [0.2, 0.25) is 0 Å². The van der Waals surface area contributed by atoms with Crippen molar-refractivity contribution < 1.29 is 14.4 Å². The Labute approximate surface area is 227 Å². The number of unbranched alkanes of at least 4 members (excludes halogenated alkanes) is 1. The Morgan fingerprint density at radius 1 is 0.974 bits per heavy atom. The molecule has 2 aromatic rings. The highest BCUT2D eigenvalue weighted by molar-refractivity contribution is 5.96. The predicted octanol–water partition coefficient (Wildman–Crippen LogP) is 4.23. The van der Waals surface area contributed by atoms with Crippen molar-refractivity contribution in [1.82, 2.24) is 15.1 Å². The molecule has 38 heavy (non-hydrogen) atoms. The van der Waals surface area contributed by atoms with Gasteiger partial charge in [-0.05, 0) is 49.8 Å². The zero-order valence-electron chi connectivity index (χ0n) is 22.9. The third kappa shape index (κ3) is 6.20. The molecule has 0 aliphatic carbocycles. The van der Waals surface area contributed by atoms with Crippen LogP contribution in [-0.4, -0.2) is 65.9 Å². The summed E-state index contributed by atoms with van der Waals surface area (Å²) in [5.74, 6) is 0.130. The lowest BCUT2D eigenvalue weighted by Gasteiger charge is -2.44. The van der Waals surface area contributed by atoms with Crippen LogP contribution >= 0.6 is 0 Å². The number of benzene rings is 2. The number of amides is 3. The van der Waals surface area contributed by atoms with Crippen LogP contribution in [-0.2, 0) is 20.8 Å². The van der Waals surface area contributed by atoms with Gasteiger partial charge in [0.1, 0.15) is 12.1 Å². The van der Waals surface area contributed by atoms with Crippen molar-refractivity contribution in [3.63, 3.8) is 0 Å². The van der Waals surface area contributed by atoms with Gasteiger partial charge in [0.2, 0.25) is 11.8 Å². The standard InChI is InChI=1S/C31H42N4O3/c1-3-5-14-26(4-2)29(37)33-21-18-31(19-22-33)30(38)34(24-35(31)27-15-10-7-11-16-27)23-28(36)32-20-17-25-12-8-6-9-13-25/h6-13,15-16,26H,3-5,14,17-24H2,1-2H3,(H,32,36). The largest absolute Gasteiger partial charge is 0.354 e. The number of anilines is 1. The number of hydrogen-bond acceptors (Lipinski definition) is 4. The molecule has 7 heteroatoms. The van der Waals surface area contributed by atoms with Gasteiger partial charge in [-0.2, -0.15) is 0 Å². The molecule has 2 aliphatic rings. The summed E-state index contributed by atoms with van der Waals surface area (Å²) in [4.78, 5) is 45.8. The molecule has 7 nitrogen and oxygen atoms in total. The molecule has 0 aromatic heterocycles. The number of rotatable bonds is 11. The fraction of sp³-hybridized carbons (Fsp3) is 0.516. The van der Waals surface area contributed by atoms with Gasteiger partial charge in [0.15, 0.2) is 0 Å². The number of carbonyl (C=O) groups excluding carboxylic acids is 3. The molecule has 2 aliphatic heterocycles. The average molecular weight is 519 g/mol. The van der Waals surface area contributed by atoms with Crippen molar-refractivity contribution in [2.45, 2.75) is 64.3 Å². The van der Waals surface area contributed by atoms with Gasteiger partial charge in [-0.25, -0.2) is 0 Å². The number of piperidine rings is 1. The van der Waals surface area contributed by atoms with Gasteiger partial charge in [-0.1, -0.05) is 75.2 Å². The number of hydrogen-bond donors (Lipinski definition) is 1. The quantitative estimate of drug-likeness (QED) is 0.483. The molecule has 3 amide bonds. The molecule has 1 atom stereocenters. The minimum absolute atomic E-state index is 0.00955. The maximum Gasteiger partial charge on any atom is 0.250 e. The summed E-state index contributed by atoms with van der Waals surface area (Å²) in [6.45, 7) is 6.31. The van der Waals surface area contributed by atoms with Gasteiger partial charge in [-0.15, -0.1) is 0 Å². The van der Waals surface area contributed by atoms with Crippen molar-refractivity contribution in [2.24, 2.45) is 5.92 Å². The summed E-state index contributed by atoms with van der Waals surface area (Å²) in [5.41, 5.74) is 1.41. The van der Waals surface area contributed by atoms with Gasteiger partial charge in [0.25, 0.3) is 5.91 Å². The van der Waals surface area contributed by atoms with Crippen LogP contribution in [0.5, 0.6) is 0 Å². The minimum atomic E-state index is -0.729. The van der Waals surface area contributed by atoms with E-state index in [4.69, 9.17) is 0 Å². The highest BCUT2D eigenvalue weighted by atomic mass is 16.2. The third-order valence-corrected chi connectivity index (χ3v) is 8.15. The number of nitrogens with zero attached hydrogens (tertiary/aromatic N) is 3. The summed E-state index contributed by atoms with van der Waals surface area (Å²) >= 11 is 0. The first-order valence-corrected chi connectivity index (χ1v) is 14.2. The zero-order chi connectivity index (χ0) is 27.0. The van der Waals surface area contributed by atoms with Gasteiger partial charge >= 0.3 is 0 Å². The van der Waals surface area contributed by atoms with Crippen LogP contribution in [0.1, 0.15) is 57.9 Å². The third-order valence-electron chi connectivity index (χ3n) is 8.15. The molecule has 204 valence electrons. The number of carbonyl (C=O) groups is 3. The first-order valence-electron chi connectivity index (χ1n) is 14.2. The minimum Gasteiger partial charge on any atom is -0.354 e. The van der Waals surface area contributed by atoms with Gasteiger partial charge in [0, 0.05) is 31.2 Å². The van der Waals surface area contributed by atoms with E-state index < -0.39 is 5.54 Å². The van der Waals surface area contributed by atoms with Crippen LogP contribution in [0.25, 0.3) is 0 Å². The molecule has 2 heterocycles. The van der Waals surface area contributed by atoms with Crippen LogP contribution in [0.15, 0.2) is 60.7 Å². The van der Waals surface area contributed by atoms with Crippen molar-refractivity contribution in [2.75, 3.05) is 37.7 Å². The molecule has 1 unspecified atom stereocenters. The summed E-state index contributed by atoms with van der Waals surface area (Å²) in [6, 6.07) is 20.0. The highest BCUT2D eigenvalue weighted by Gasteiger charge is 2.54. The van der Waals surface area contributed by atoms with Crippen molar-refractivity contribution in [3.05, 3.63) is 66.2 Å². The molecule has 2 aromatic carbocycles. The second kappa shape index (κ2) is 12.9. The molecule has 1 spiro atoms. The van der Waals surface area contributed by atoms with Crippen molar-refractivity contribution >= 4 is 23.4 Å². The molecule has 4 rings (SSSR count). The van der Waals surface area contributed by atoms with Gasteiger partial charge < -0.3 is 20.0 Å². The Hall–Kier alpha value is -3.35. The predicted molar refractivity (Wildman–Crippen MR) is 151 cm³/mol. The lowest BCUT2D eigenvalue weighted by molar-refractivity contribution is -0.142. The van der Waals surface area contributed by atoms with E-state index in [9.17, 15) is 14.4 Å². The molecule has 2 saturated heterocycles. The monoisotopic (exact) mass is 518 g/mol. The Kier molecular flexibility index (Phi) is 9.43. The Bertz CT molecular complexity index is 1070. The van der Waals surface area contributed by atoms with Crippen molar-refractivity contribution in [1.29, 1.82) is 0 Å². The normalized spacial score (nSPS) is 17.6. The van der Waals surface area contributed by atoms with E-state index in [0.717, 1.165) is 37.8 Å². The lowest BCUT2D eigenvalue weighted by Crippen LogP contribution is -2.58. The summed E-state index contributed by atoms with van der Waals surface area (Å²) in [6.07, 6.45) is 5.82. The maximum atomic E-state index is 13.9. The number of para-hydroxylation sites is 1. The van der Waals surface area contributed by atoms with E-state index >= 15 is 0 Å². The number of nitrogens with one attached hydrogen (secondary N) is 1. The van der Waals surface area contributed by atoms with Gasteiger partial charge in [0.05, 0.1) is 6.67 Å². The molecule has 0 saturated carbocycles. The summed E-state index contributed by atoms with van der Waals surface area (Å²) < 4.78 is 0. The Balaban J connectivity index is 1.42. The topological polar surface area (TPSA) is 73.0 Å². The molecular formula is C31H42N4O3. The van der Waals surface area contributed by atoms with E-state index in [2.05, 4.69) is 24.1 Å². The van der Waals surface area contributed by atoms with E-state index in [0.29, 0.717) is 39.1 Å².